The first-order chi connectivity index (χ1) is 19.2. The smallest absolute Gasteiger partial charge is 0.407 e. The van der Waals surface area contributed by atoms with Crippen LogP contribution in [0, 0.1) is 10.1 Å². The van der Waals surface area contributed by atoms with E-state index in [9.17, 15) is 14.9 Å². The molecule has 0 aliphatic carbocycles. The van der Waals surface area contributed by atoms with Crippen LogP contribution in [-0.2, 0) is 16.0 Å². The fraction of sp³-hybridized carbons (Fsp3) is 0.357. The molecule has 1 fully saturated rings. The molecule has 0 saturated carbocycles. The topological polar surface area (TPSA) is 146 Å². The lowest BCUT2D eigenvalue weighted by Gasteiger charge is -2.24. The fourth-order valence-corrected chi connectivity index (χ4v) is 4.47. The number of ether oxygens (including phenoxy) is 2. The number of amides is 1. The molecule has 3 heterocycles. The van der Waals surface area contributed by atoms with Gasteiger partial charge in [0.25, 0.3) is 5.69 Å². The standard InChI is InChI=1S/C28H31N7O5/c1-28(2,3)40-27(36)29-16-18-8-6-9-19(14-18)23-24-25(34(17-30-24)22-12-4-5-13-39-22)33-26(32-23)31-20-10-7-11-21(15-20)35(37)38/h6-11,14-15,17,22H,4-5,12-13,16H2,1-3H3,(H,29,36)(H,31,32,33). The van der Waals surface area contributed by atoms with Crippen LogP contribution < -0.4 is 10.6 Å². The van der Waals surface area contributed by atoms with Crippen molar-refractivity contribution in [3.05, 3.63) is 70.5 Å². The van der Waals surface area contributed by atoms with Crippen molar-refractivity contribution in [2.75, 3.05) is 11.9 Å². The molecule has 0 radical (unpaired) electrons. The van der Waals surface area contributed by atoms with E-state index >= 15 is 0 Å². The number of carbonyl (C=O) groups excluding carboxylic acids is 1. The molecule has 2 aromatic carbocycles. The van der Waals surface area contributed by atoms with Crippen LogP contribution in [-0.4, -0.2) is 42.7 Å². The summed E-state index contributed by atoms with van der Waals surface area (Å²) in [4.78, 5) is 37.2. The number of alkyl carbamates (subject to hydrolysis) is 1. The Morgan fingerprint density at radius 2 is 2.00 bits per heavy atom. The highest BCUT2D eigenvalue weighted by atomic mass is 16.6. The van der Waals surface area contributed by atoms with Gasteiger partial charge in [0.2, 0.25) is 5.95 Å². The number of non-ortho nitro benzene ring substituents is 1. The van der Waals surface area contributed by atoms with E-state index in [1.54, 1.807) is 18.5 Å². The average Bonchev–Trinajstić information content (AvgIpc) is 3.35. The molecular formula is C28H31N7O5. The number of fused-ring (bicyclic) bond motifs is 1. The first-order valence-corrected chi connectivity index (χ1v) is 13.1. The SMILES string of the molecule is CC(C)(C)OC(=O)NCc1cccc(-c2nc(Nc3cccc([N+](=O)[O-])c3)nc3c2ncn3C2CCCCO2)c1. The van der Waals surface area contributed by atoms with E-state index < -0.39 is 16.6 Å². The molecule has 40 heavy (non-hydrogen) atoms. The summed E-state index contributed by atoms with van der Waals surface area (Å²) in [6, 6.07) is 13.8. The molecule has 1 unspecified atom stereocenters. The third-order valence-electron chi connectivity index (χ3n) is 6.24. The Morgan fingerprint density at radius 3 is 2.75 bits per heavy atom. The minimum Gasteiger partial charge on any atom is -0.444 e. The molecule has 12 heteroatoms. The first-order valence-electron chi connectivity index (χ1n) is 13.1. The van der Waals surface area contributed by atoms with Gasteiger partial charge in [-0.2, -0.15) is 4.98 Å². The Labute approximate surface area is 230 Å². The number of nitro benzene ring substituents is 1. The summed E-state index contributed by atoms with van der Waals surface area (Å²) in [6.07, 6.45) is 3.89. The zero-order valence-corrected chi connectivity index (χ0v) is 22.6. The van der Waals surface area contributed by atoms with E-state index in [1.807, 2.05) is 49.6 Å². The normalized spacial score (nSPS) is 15.5. The molecule has 2 N–H and O–H groups in total. The number of rotatable bonds is 7. The Hall–Kier alpha value is -4.58. The van der Waals surface area contributed by atoms with E-state index in [1.165, 1.54) is 12.1 Å². The Kier molecular flexibility index (Phi) is 7.60. The van der Waals surface area contributed by atoms with Crippen LogP contribution in [0.1, 0.15) is 51.8 Å². The molecule has 1 aliphatic heterocycles. The Morgan fingerprint density at radius 1 is 1.18 bits per heavy atom. The van der Waals surface area contributed by atoms with Crippen molar-refractivity contribution in [3.63, 3.8) is 0 Å². The summed E-state index contributed by atoms with van der Waals surface area (Å²) >= 11 is 0. The number of aromatic nitrogens is 4. The summed E-state index contributed by atoms with van der Waals surface area (Å²) in [5.74, 6) is 0.262. The molecule has 0 bridgehead atoms. The molecule has 0 spiro atoms. The van der Waals surface area contributed by atoms with E-state index in [0.29, 0.717) is 29.2 Å². The van der Waals surface area contributed by atoms with Gasteiger partial charge in [-0.25, -0.2) is 14.8 Å². The average molecular weight is 546 g/mol. The van der Waals surface area contributed by atoms with E-state index in [-0.39, 0.29) is 24.4 Å². The lowest BCUT2D eigenvalue weighted by atomic mass is 10.1. The van der Waals surface area contributed by atoms with Gasteiger partial charge in [-0.1, -0.05) is 24.3 Å². The highest BCUT2D eigenvalue weighted by Gasteiger charge is 2.22. The predicted molar refractivity (Wildman–Crippen MR) is 149 cm³/mol. The number of nitrogens with zero attached hydrogens (tertiary/aromatic N) is 5. The third-order valence-corrected chi connectivity index (χ3v) is 6.24. The summed E-state index contributed by atoms with van der Waals surface area (Å²) in [6.45, 7) is 6.35. The molecule has 2 aromatic heterocycles. The molecule has 5 rings (SSSR count). The van der Waals surface area contributed by atoms with Crippen LogP contribution in [0.15, 0.2) is 54.9 Å². The van der Waals surface area contributed by atoms with E-state index in [4.69, 9.17) is 19.4 Å². The lowest BCUT2D eigenvalue weighted by molar-refractivity contribution is -0.384. The summed E-state index contributed by atoms with van der Waals surface area (Å²) in [5.41, 5.74) is 3.21. The first kappa shape index (κ1) is 27.0. The molecule has 12 nitrogen and oxygen atoms in total. The van der Waals surface area contributed by atoms with Gasteiger partial charge >= 0.3 is 6.09 Å². The lowest BCUT2D eigenvalue weighted by Crippen LogP contribution is -2.32. The van der Waals surface area contributed by atoms with Gasteiger partial charge in [-0.3, -0.25) is 14.7 Å². The number of hydrogen-bond acceptors (Lipinski definition) is 9. The largest absolute Gasteiger partial charge is 0.444 e. The zero-order valence-electron chi connectivity index (χ0n) is 22.6. The number of anilines is 2. The number of nitrogens with one attached hydrogen (secondary N) is 2. The van der Waals surface area contributed by atoms with Gasteiger partial charge < -0.3 is 20.1 Å². The third kappa shape index (κ3) is 6.34. The van der Waals surface area contributed by atoms with Crippen LogP contribution in [0.25, 0.3) is 22.4 Å². The van der Waals surface area contributed by atoms with Crippen LogP contribution in [0.5, 0.6) is 0 Å². The van der Waals surface area contributed by atoms with Crippen LogP contribution in [0.3, 0.4) is 0 Å². The molecule has 4 aromatic rings. The van der Waals surface area contributed by atoms with Crippen molar-refractivity contribution in [1.29, 1.82) is 0 Å². The van der Waals surface area contributed by atoms with Crippen LogP contribution in [0.2, 0.25) is 0 Å². The van der Waals surface area contributed by atoms with Crippen molar-refractivity contribution in [2.24, 2.45) is 0 Å². The van der Waals surface area contributed by atoms with E-state index in [2.05, 4.69) is 15.6 Å². The van der Waals surface area contributed by atoms with E-state index in [0.717, 1.165) is 30.4 Å². The monoisotopic (exact) mass is 545 g/mol. The number of nitro groups is 1. The predicted octanol–water partition coefficient (Wildman–Crippen LogP) is 5.87. The van der Waals surface area contributed by atoms with Crippen LogP contribution in [0.4, 0.5) is 22.1 Å². The second-order valence-electron chi connectivity index (χ2n) is 10.5. The van der Waals surface area contributed by atoms with Crippen molar-refractivity contribution < 1.29 is 19.2 Å². The second-order valence-corrected chi connectivity index (χ2v) is 10.5. The molecule has 208 valence electrons. The van der Waals surface area contributed by atoms with Gasteiger partial charge in [0.1, 0.15) is 23.0 Å². The maximum atomic E-state index is 12.2. The quantitative estimate of drug-likeness (QED) is 0.215. The molecule has 1 aliphatic rings. The number of imidazole rings is 1. The summed E-state index contributed by atoms with van der Waals surface area (Å²) < 4.78 is 13.3. The maximum absolute atomic E-state index is 12.2. The highest BCUT2D eigenvalue weighted by molar-refractivity contribution is 5.89. The van der Waals surface area contributed by atoms with Gasteiger partial charge in [0.05, 0.1) is 11.3 Å². The van der Waals surface area contributed by atoms with Crippen molar-refractivity contribution in [1.82, 2.24) is 24.8 Å². The fourth-order valence-electron chi connectivity index (χ4n) is 4.47. The van der Waals surface area contributed by atoms with Gasteiger partial charge in [0.15, 0.2) is 5.65 Å². The maximum Gasteiger partial charge on any atom is 0.407 e. The van der Waals surface area contributed by atoms with Crippen molar-refractivity contribution in [2.45, 2.75) is 58.4 Å². The number of hydrogen-bond donors (Lipinski definition) is 2. The second kappa shape index (κ2) is 11.3. The molecule has 1 amide bonds. The molecule has 1 saturated heterocycles. The minimum absolute atomic E-state index is 0.0443. The Balaban J connectivity index is 1.52. The zero-order chi connectivity index (χ0) is 28.3. The van der Waals surface area contributed by atoms with Gasteiger partial charge in [-0.15, -0.1) is 0 Å². The number of benzene rings is 2. The summed E-state index contributed by atoms with van der Waals surface area (Å²) in [7, 11) is 0. The number of carbonyl (C=O) groups is 1. The van der Waals surface area contributed by atoms with Gasteiger partial charge in [0, 0.05) is 36.5 Å². The van der Waals surface area contributed by atoms with Gasteiger partial charge in [-0.05, 0) is 57.7 Å². The molecular weight excluding hydrogens is 514 g/mol. The minimum atomic E-state index is -0.595. The van der Waals surface area contributed by atoms with Crippen molar-refractivity contribution in [3.8, 4) is 11.3 Å². The van der Waals surface area contributed by atoms with Crippen molar-refractivity contribution >= 4 is 34.6 Å². The molecule has 1 atom stereocenters. The Bertz CT molecular complexity index is 1540. The summed E-state index contributed by atoms with van der Waals surface area (Å²) in [5, 5.41) is 17.2. The van der Waals surface area contributed by atoms with Crippen LogP contribution >= 0.6 is 0 Å². The highest BCUT2D eigenvalue weighted by Crippen LogP contribution is 2.32.